The van der Waals surface area contributed by atoms with Gasteiger partial charge in [-0.15, -0.1) is 0 Å². The van der Waals surface area contributed by atoms with Gasteiger partial charge in [-0.2, -0.15) is 0 Å². The van der Waals surface area contributed by atoms with Crippen LogP contribution in [-0.2, 0) is 23.9 Å². The fraction of sp³-hybridized carbons (Fsp3) is 0.438. The van der Waals surface area contributed by atoms with Gasteiger partial charge in [-0.1, -0.05) is 30.3 Å². The Morgan fingerprint density at radius 3 is 2.00 bits per heavy atom. The van der Waals surface area contributed by atoms with E-state index in [1.807, 2.05) is 6.07 Å². The summed E-state index contributed by atoms with van der Waals surface area (Å²) < 4.78 is 9.93. The topological polar surface area (TPSA) is 69.7 Å². The number of hydrogen-bond donors (Lipinski definition) is 0. The Hall–Kier alpha value is -2.17. The van der Waals surface area contributed by atoms with E-state index in [9.17, 15) is 14.4 Å². The minimum absolute atomic E-state index is 0.0479. The van der Waals surface area contributed by atoms with Gasteiger partial charge in [0, 0.05) is 12.3 Å². The highest BCUT2D eigenvalue weighted by molar-refractivity contribution is 5.96. The molecule has 0 saturated heterocycles. The maximum atomic E-state index is 12.1. The predicted molar refractivity (Wildman–Crippen MR) is 76.6 cm³/mol. The summed E-state index contributed by atoms with van der Waals surface area (Å²) in [6.07, 6.45) is 0.745. The molecule has 114 valence electrons. The molecule has 5 nitrogen and oxygen atoms in total. The van der Waals surface area contributed by atoms with Crippen LogP contribution in [0.4, 0.5) is 0 Å². The van der Waals surface area contributed by atoms with E-state index in [4.69, 9.17) is 9.47 Å². The van der Waals surface area contributed by atoms with E-state index >= 15 is 0 Å². The quantitative estimate of drug-likeness (QED) is 0.417. The molecule has 0 amide bonds. The second-order valence-electron chi connectivity index (χ2n) is 4.40. The number of ether oxygens (including phenoxy) is 2. The zero-order valence-electron chi connectivity index (χ0n) is 12.3. The maximum absolute atomic E-state index is 12.1. The van der Waals surface area contributed by atoms with E-state index in [0.29, 0.717) is 6.29 Å². The van der Waals surface area contributed by atoms with Crippen molar-refractivity contribution in [2.45, 2.75) is 26.2 Å². The predicted octanol–water partition coefficient (Wildman–Crippen LogP) is 2.10. The van der Waals surface area contributed by atoms with Crippen LogP contribution in [0.5, 0.6) is 0 Å². The minimum atomic E-state index is -1.13. The van der Waals surface area contributed by atoms with E-state index in [1.165, 1.54) is 0 Å². The van der Waals surface area contributed by atoms with Crippen LogP contribution in [0.1, 0.15) is 31.7 Å². The number of benzene rings is 1. The van der Waals surface area contributed by atoms with E-state index < -0.39 is 23.8 Å². The van der Waals surface area contributed by atoms with Gasteiger partial charge in [0.2, 0.25) is 0 Å². The lowest BCUT2D eigenvalue weighted by Crippen LogP contribution is -2.33. The molecular weight excluding hydrogens is 272 g/mol. The zero-order chi connectivity index (χ0) is 15.7. The summed E-state index contributed by atoms with van der Waals surface area (Å²) in [5, 5.41) is 0. The average molecular weight is 292 g/mol. The molecule has 1 aromatic rings. The van der Waals surface area contributed by atoms with Crippen molar-refractivity contribution in [2.24, 2.45) is 5.92 Å². The van der Waals surface area contributed by atoms with Crippen LogP contribution >= 0.6 is 0 Å². The standard InChI is InChI=1S/C16H20O5/c1-3-20-15(18)14(16(19)21-4-2)13(10-11-17)12-8-6-5-7-9-12/h5-9,11,13-14H,3-4,10H2,1-2H3/t13-/m1/s1. The Morgan fingerprint density at radius 1 is 1.05 bits per heavy atom. The maximum Gasteiger partial charge on any atom is 0.320 e. The molecule has 0 aliphatic heterocycles. The lowest BCUT2D eigenvalue weighted by atomic mass is 9.84. The molecule has 0 saturated carbocycles. The molecular formula is C16H20O5. The first-order chi connectivity index (χ1) is 10.2. The number of carbonyl (C=O) groups excluding carboxylic acids is 3. The summed E-state index contributed by atoms with van der Waals surface area (Å²) >= 11 is 0. The number of hydrogen-bond acceptors (Lipinski definition) is 5. The lowest BCUT2D eigenvalue weighted by molar-refractivity contribution is -0.162. The van der Waals surface area contributed by atoms with Crippen LogP contribution in [0, 0.1) is 5.92 Å². The Labute approximate surface area is 124 Å². The molecule has 21 heavy (non-hydrogen) atoms. The molecule has 0 fully saturated rings. The second kappa shape index (κ2) is 8.89. The first-order valence-electron chi connectivity index (χ1n) is 6.97. The van der Waals surface area contributed by atoms with Gasteiger partial charge in [-0.05, 0) is 19.4 Å². The van der Waals surface area contributed by atoms with Crippen molar-refractivity contribution in [3.63, 3.8) is 0 Å². The van der Waals surface area contributed by atoms with Gasteiger partial charge in [0.1, 0.15) is 6.29 Å². The molecule has 0 heterocycles. The second-order valence-corrected chi connectivity index (χ2v) is 4.40. The Balaban J connectivity index is 3.13. The van der Waals surface area contributed by atoms with Crippen LogP contribution < -0.4 is 0 Å². The molecule has 1 atom stereocenters. The minimum Gasteiger partial charge on any atom is -0.465 e. The molecule has 0 spiro atoms. The van der Waals surface area contributed by atoms with Gasteiger partial charge in [-0.3, -0.25) is 9.59 Å². The van der Waals surface area contributed by atoms with Gasteiger partial charge in [0.15, 0.2) is 5.92 Å². The fourth-order valence-corrected chi connectivity index (χ4v) is 2.16. The molecule has 0 radical (unpaired) electrons. The average Bonchev–Trinajstić information content (AvgIpc) is 2.48. The van der Waals surface area contributed by atoms with E-state index in [0.717, 1.165) is 5.56 Å². The lowest BCUT2D eigenvalue weighted by Gasteiger charge is -2.23. The molecule has 0 aromatic heterocycles. The summed E-state index contributed by atoms with van der Waals surface area (Å²) in [4.78, 5) is 35.2. The monoisotopic (exact) mass is 292 g/mol. The largest absolute Gasteiger partial charge is 0.465 e. The summed E-state index contributed by atoms with van der Waals surface area (Å²) in [5.74, 6) is -3.03. The van der Waals surface area contributed by atoms with Crippen molar-refractivity contribution in [3.8, 4) is 0 Å². The van der Waals surface area contributed by atoms with Crippen molar-refractivity contribution in [1.29, 1.82) is 0 Å². The van der Waals surface area contributed by atoms with Crippen LogP contribution in [0.25, 0.3) is 0 Å². The molecule has 1 aromatic carbocycles. The summed E-state index contributed by atoms with van der Waals surface area (Å²) in [6, 6.07) is 8.96. The molecule has 0 N–H and O–H groups in total. The van der Waals surface area contributed by atoms with Gasteiger partial charge in [-0.25, -0.2) is 0 Å². The first kappa shape index (κ1) is 16.9. The van der Waals surface area contributed by atoms with Crippen molar-refractivity contribution < 1.29 is 23.9 Å². The van der Waals surface area contributed by atoms with Crippen molar-refractivity contribution >= 4 is 18.2 Å². The number of aldehydes is 1. The fourth-order valence-electron chi connectivity index (χ4n) is 2.16. The van der Waals surface area contributed by atoms with Crippen molar-refractivity contribution in [1.82, 2.24) is 0 Å². The Bertz CT molecular complexity index is 451. The smallest absolute Gasteiger partial charge is 0.320 e. The van der Waals surface area contributed by atoms with Gasteiger partial charge in [0.05, 0.1) is 13.2 Å². The number of rotatable bonds is 8. The van der Waals surface area contributed by atoms with Crippen LogP contribution in [0.15, 0.2) is 30.3 Å². The highest BCUT2D eigenvalue weighted by Crippen LogP contribution is 2.29. The summed E-state index contributed by atoms with van der Waals surface area (Å²) in [7, 11) is 0. The third-order valence-electron chi connectivity index (χ3n) is 3.06. The van der Waals surface area contributed by atoms with Crippen LogP contribution in [0.2, 0.25) is 0 Å². The molecule has 0 unspecified atom stereocenters. The van der Waals surface area contributed by atoms with E-state index in [-0.39, 0.29) is 19.6 Å². The van der Waals surface area contributed by atoms with Crippen molar-refractivity contribution in [2.75, 3.05) is 13.2 Å². The third-order valence-corrected chi connectivity index (χ3v) is 3.06. The molecule has 0 aliphatic rings. The molecule has 0 aliphatic carbocycles. The van der Waals surface area contributed by atoms with Gasteiger partial charge >= 0.3 is 11.9 Å². The SMILES string of the molecule is CCOC(=O)C(C(=O)OCC)[C@H](CC=O)c1ccccc1. The normalized spacial score (nSPS) is 11.8. The first-order valence-corrected chi connectivity index (χ1v) is 6.97. The zero-order valence-corrected chi connectivity index (χ0v) is 12.3. The highest BCUT2D eigenvalue weighted by atomic mass is 16.6. The Kier molecular flexibility index (Phi) is 7.15. The highest BCUT2D eigenvalue weighted by Gasteiger charge is 2.38. The van der Waals surface area contributed by atoms with E-state index in [1.54, 1.807) is 38.1 Å². The van der Waals surface area contributed by atoms with E-state index in [2.05, 4.69) is 0 Å². The van der Waals surface area contributed by atoms with Gasteiger partial charge < -0.3 is 14.3 Å². The van der Waals surface area contributed by atoms with Crippen molar-refractivity contribution in [3.05, 3.63) is 35.9 Å². The van der Waals surface area contributed by atoms with Gasteiger partial charge in [0.25, 0.3) is 0 Å². The summed E-state index contributed by atoms with van der Waals surface area (Å²) in [6.45, 7) is 3.66. The van der Waals surface area contributed by atoms with Crippen LogP contribution in [-0.4, -0.2) is 31.4 Å². The number of esters is 2. The van der Waals surface area contributed by atoms with Crippen LogP contribution in [0.3, 0.4) is 0 Å². The molecule has 1 rings (SSSR count). The Morgan fingerprint density at radius 2 is 1.57 bits per heavy atom. The number of carbonyl (C=O) groups is 3. The summed E-state index contributed by atoms with van der Waals surface area (Å²) in [5.41, 5.74) is 0.732. The molecule has 5 heteroatoms. The molecule has 0 bridgehead atoms. The third kappa shape index (κ3) is 4.70.